The van der Waals surface area contributed by atoms with E-state index in [1.807, 2.05) is 30.3 Å². The van der Waals surface area contributed by atoms with Gasteiger partial charge in [-0.1, -0.05) is 47.1 Å². The van der Waals surface area contributed by atoms with E-state index in [0.717, 1.165) is 22.3 Å². The average molecular weight is 488 g/mol. The Bertz CT molecular complexity index is 1390. The van der Waals surface area contributed by atoms with Crippen LogP contribution < -0.4 is 0 Å². The van der Waals surface area contributed by atoms with Crippen LogP contribution in [0.15, 0.2) is 69.4 Å². The van der Waals surface area contributed by atoms with Crippen LogP contribution in [-0.4, -0.2) is 54.9 Å². The van der Waals surface area contributed by atoms with E-state index in [9.17, 15) is 13.2 Å². The fourth-order valence-electron chi connectivity index (χ4n) is 3.75. The molecule has 0 spiro atoms. The second-order valence-electron chi connectivity index (χ2n) is 7.36. The second-order valence-corrected chi connectivity index (χ2v) is 11.2. The van der Waals surface area contributed by atoms with Gasteiger partial charge in [-0.2, -0.15) is 4.31 Å². The lowest BCUT2D eigenvalue weighted by molar-refractivity contribution is 0.0698. The highest BCUT2D eigenvalue weighted by Crippen LogP contribution is 2.31. The third kappa shape index (κ3) is 3.81. The normalized spacial score (nSPS) is 15.3. The molecule has 0 atom stereocenters. The first kappa shape index (κ1) is 21.1. The van der Waals surface area contributed by atoms with Crippen molar-refractivity contribution in [3.8, 4) is 11.3 Å². The summed E-state index contributed by atoms with van der Waals surface area (Å²) in [5.41, 5.74) is 2.07. The number of benzene rings is 2. The number of hydrogen-bond donors (Lipinski definition) is 0. The van der Waals surface area contributed by atoms with Crippen molar-refractivity contribution in [2.45, 2.75) is 4.21 Å². The molecule has 0 radical (unpaired) electrons. The zero-order valence-electron chi connectivity index (χ0n) is 16.8. The molecule has 1 saturated heterocycles. The highest BCUT2D eigenvalue weighted by molar-refractivity contribution is 7.91. The molecule has 10 heteroatoms. The molecule has 4 aromatic rings. The number of amides is 1. The summed E-state index contributed by atoms with van der Waals surface area (Å²) in [6.45, 7) is 1.08. The van der Waals surface area contributed by atoms with Crippen LogP contribution in [0.5, 0.6) is 0 Å². The molecule has 0 saturated carbocycles. The number of nitrogens with zero attached hydrogens (tertiary/aromatic N) is 3. The molecule has 2 aromatic carbocycles. The maximum atomic E-state index is 13.1. The zero-order chi connectivity index (χ0) is 22.3. The topological polar surface area (TPSA) is 83.7 Å². The first-order valence-electron chi connectivity index (χ1n) is 9.93. The predicted molar refractivity (Wildman–Crippen MR) is 123 cm³/mol. The third-order valence-corrected chi connectivity index (χ3v) is 9.03. The van der Waals surface area contributed by atoms with Crippen LogP contribution in [0.25, 0.3) is 22.2 Å². The predicted octanol–water partition coefficient (Wildman–Crippen LogP) is 4.36. The molecule has 0 bridgehead atoms. The smallest absolute Gasteiger partial charge is 0.253 e. The van der Waals surface area contributed by atoms with Crippen LogP contribution in [-0.2, 0) is 10.0 Å². The Labute approximate surface area is 193 Å². The summed E-state index contributed by atoms with van der Waals surface area (Å²) in [7, 11) is -3.60. The van der Waals surface area contributed by atoms with E-state index < -0.39 is 10.0 Å². The van der Waals surface area contributed by atoms with Crippen LogP contribution in [0.1, 0.15) is 10.4 Å². The monoisotopic (exact) mass is 487 g/mol. The minimum atomic E-state index is -3.60. The summed E-state index contributed by atoms with van der Waals surface area (Å²) in [6.07, 6.45) is 0. The maximum Gasteiger partial charge on any atom is 0.253 e. The molecule has 5 rings (SSSR count). The van der Waals surface area contributed by atoms with Gasteiger partial charge in [-0.15, -0.1) is 11.3 Å². The molecule has 1 aliphatic rings. The quantitative estimate of drug-likeness (QED) is 0.427. The van der Waals surface area contributed by atoms with Crippen LogP contribution in [0, 0.1) is 0 Å². The number of piperazine rings is 1. The standard InChI is InChI=1S/C22H18ClN3O4S2/c23-19-8-9-20(31-19)32(28,29)26-12-10-25(11-13-26)22(27)16-6-7-18-17(14-16)21(30-24-18)15-4-2-1-3-5-15/h1-9,14H,10-13H2. The maximum absolute atomic E-state index is 13.1. The van der Waals surface area contributed by atoms with Gasteiger partial charge in [-0.05, 0) is 30.3 Å². The van der Waals surface area contributed by atoms with Crippen LogP contribution in [0.4, 0.5) is 0 Å². The van der Waals surface area contributed by atoms with Crippen LogP contribution in [0.2, 0.25) is 4.34 Å². The van der Waals surface area contributed by atoms with Crippen molar-refractivity contribution in [2.75, 3.05) is 26.2 Å². The van der Waals surface area contributed by atoms with Crippen molar-refractivity contribution in [1.29, 1.82) is 0 Å². The van der Waals surface area contributed by atoms with Gasteiger partial charge in [0.25, 0.3) is 15.9 Å². The van der Waals surface area contributed by atoms with E-state index in [1.165, 1.54) is 10.4 Å². The fourth-order valence-corrected chi connectivity index (χ4v) is 6.81. The van der Waals surface area contributed by atoms with Gasteiger partial charge in [0.15, 0.2) is 5.76 Å². The van der Waals surface area contributed by atoms with Crippen molar-refractivity contribution in [3.63, 3.8) is 0 Å². The summed E-state index contributed by atoms with van der Waals surface area (Å²) in [5, 5.41) is 4.86. The second kappa shape index (κ2) is 8.32. The summed E-state index contributed by atoms with van der Waals surface area (Å²) >= 11 is 6.93. The molecule has 1 amide bonds. The van der Waals surface area contributed by atoms with Crippen LogP contribution >= 0.6 is 22.9 Å². The fraction of sp³-hybridized carbons (Fsp3) is 0.182. The summed E-state index contributed by atoms with van der Waals surface area (Å²) < 4.78 is 33.1. The Balaban J connectivity index is 1.34. The van der Waals surface area contributed by atoms with Gasteiger partial charge in [-0.3, -0.25) is 4.79 Å². The van der Waals surface area contributed by atoms with Gasteiger partial charge in [0, 0.05) is 37.3 Å². The number of aromatic nitrogens is 1. The van der Waals surface area contributed by atoms with Crippen molar-refractivity contribution < 1.29 is 17.7 Å². The molecular formula is C22H18ClN3O4S2. The number of hydrogen-bond acceptors (Lipinski definition) is 6. The average Bonchev–Trinajstić information content (AvgIpc) is 3.45. The Morgan fingerprint density at radius 3 is 2.44 bits per heavy atom. The van der Waals surface area contributed by atoms with Gasteiger partial charge in [0.05, 0.1) is 9.72 Å². The molecule has 2 aromatic heterocycles. The lowest BCUT2D eigenvalue weighted by Gasteiger charge is -2.33. The van der Waals surface area contributed by atoms with Crippen molar-refractivity contribution in [2.24, 2.45) is 0 Å². The lowest BCUT2D eigenvalue weighted by atomic mass is 10.1. The summed E-state index contributed by atoms with van der Waals surface area (Å²) in [4.78, 5) is 14.8. The summed E-state index contributed by atoms with van der Waals surface area (Å²) in [5.74, 6) is 0.462. The molecule has 7 nitrogen and oxygen atoms in total. The van der Waals surface area contributed by atoms with Gasteiger partial charge >= 0.3 is 0 Å². The van der Waals surface area contributed by atoms with Crippen molar-refractivity contribution in [1.82, 2.24) is 14.4 Å². The first-order chi connectivity index (χ1) is 15.4. The van der Waals surface area contributed by atoms with Crippen molar-refractivity contribution in [3.05, 3.63) is 70.6 Å². The number of thiophene rings is 1. The van der Waals surface area contributed by atoms with Gasteiger partial charge in [0.1, 0.15) is 9.73 Å². The van der Waals surface area contributed by atoms with E-state index >= 15 is 0 Å². The largest absolute Gasteiger partial charge is 0.355 e. The van der Waals surface area contributed by atoms with Gasteiger partial charge < -0.3 is 9.42 Å². The van der Waals surface area contributed by atoms with Crippen molar-refractivity contribution >= 4 is 49.8 Å². The molecule has 1 aliphatic heterocycles. The Hall–Kier alpha value is -2.72. The minimum Gasteiger partial charge on any atom is -0.355 e. The van der Waals surface area contributed by atoms with Gasteiger partial charge in [-0.25, -0.2) is 8.42 Å². The molecular weight excluding hydrogens is 470 g/mol. The molecule has 1 fully saturated rings. The molecule has 32 heavy (non-hydrogen) atoms. The van der Waals surface area contributed by atoms with E-state index in [4.69, 9.17) is 16.1 Å². The number of carbonyl (C=O) groups is 1. The van der Waals surface area contributed by atoms with E-state index in [1.54, 1.807) is 29.2 Å². The highest BCUT2D eigenvalue weighted by Gasteiger charge is 2.31. The van der Waals surface area contributed by atoms with E-state index in [-0.39, 0.29) is 23.2 Å². The Morgan fingerprint density at radius 1 is 1.00 bits per heavy atom. The van der Waals surface area contributed by atoms with E-state index in [0.29, 0.717) is 34.3 Å². The summed E-state index contributed by atoms with van der Waals surface area (Å²) in [6, 6.07) is 18.0. The molecule has 0 aliphatic carbocycles. The van der Waals surface area contributed by atoms with E-state index in [2.05, 4.69) is 5.16 Å². The minimum absolute atomic E-state index is 0.150. The van der Waals surface area contributed by atoms with Crippen LogP contribution in [0.3, 0.4) is 0 Å². The number of carbonyl (C=O) groups excluding carboxylic acids is 1. The number of sulfonamides is 1. The zero-order valence-corrected chi connectivity index (χ0v) is 19.2. The van der Waals surface area contributed by atoms with Gasteiger partial charge in [0.2, 0.25) is 0 Å². The lowest BCUT2D eigenvalue weighted by Crippen LogP contribution is -2.50. The SMILES string of the molecule is O=C(c1ccc2noc(-c3ccccc3)c2c1)N1CCN(S(=O)(=O)c2ccc(Cl)s2)CC1. The molecule has 164 valence electrons. The number of halogens is 1. The molecule has 0 unspecified atom stereocenters. The number of rotatable bonds is 4. The third-order valence-electron chi connectivity index (χ3n) is 5.43. The Kier molecular flexibility index (Phi) is 5.50. The Morgan fingerprint density at radius 2 is 1.75 bits per heavy atom. The number of fused-ring (bicyclic) bond motifs is 1. The molecule has 0 N–H and O–H groups in total. The highest BCUT2D eigenvalue weighted by atomic mass is 35.5. The first-order valence-corrected chi connectivity index (χ1v) is 12.6. The molecule has 3 heterocycles.